The van der Waals surface area contributed by atoms with Crippen molar-refractivity contribution in [2.24, 2.45) is 0 Å². The number of hydrogen-bond donors (Lipinski definition) is 4. The van der Waals surface area contributed by atoms with Crippen LogP contribution >= 0.6 is 11.3 Å². The molecule has 0 aliphatic carbocycles. The van der Waals surface area contributed by atoms with E-state index in [1.807, 2.05) is 24.4 Å². The van der Waals surface area contributed by atoms with E-state index >= 15 is 0 Å². The van der Waals surface area contributed by atoms with E-state index in [1.165, 1.54) is 0 Å². The summed E-state index contributed by atoms with van der Waals surface area (Å²) in [6.45, 7) is 3.61. The molecule has 2 aromatic heterocycles. The molecule has 0 radical (unpaired) electrons. The molecular formula is C21H25N5O4S2. The highest BCUT2D eigenvalue weighted by Crippen LogP contribution is 2.31. The first-order valence-corrected chi connectivity index (χ1v) is 12.4. The van der Waals surface area contributed by atoms with Crippen molar-refractivity contribution in [1.29, 1.82) is 0 Å². The number of ether oxygens (including phenoxy) is 1. The second-order valence-corrected chi connectivity index (χ2v) is 9.79. The fraction of sp³-hybridized carbons (Fsp3) is 0.238. The number of amides is 1. The first-order chi connectivity index (χ1) is 15.3. The molecule has 2 heterocycles. The summed E-state index contributed by atoms with van der Waals surface area (Å²) in [4.78, 5) is 21.9. The van der Waals surface area contributed by atoms with Crippen molar-refractivity contribution in [3.63, 3.8) is 0 Å². The topological polar surface area (TPSA) is 125 Å². The fourth-order valence-electron chi connectivity index (χ4n) is 2.71. The molecule has 4 N–H and O–H groups in total. The SMILES string of the molecule is C=S(=O)(NC(=O)OCC)c1cccc(Nc2ncc(-c3cccs3)c(N[C@H](C)CO)n2)c1. The molecule has 32 heavy (non-hydrogen) atoms. The van der Waals surface area contributed by atoms with Crippen LogP contribution in [0.2, 0.25) is 0 Å². The van der Waals surface area contributed by atoms with Crippen molar-refractivity contribution in [2.45, 2.75) is 24.8 Å². The molecule has 1 aromatic carbocycles. The summed E-state index contributed by atoms with van der Waals surface area (Å²) in [5, 5.41) is 17.7. The summed E-state index contributed by atoms with van der Waals surface area (Å²) >= 11 is 1.56. The number of anilines is 3. The Morgan fingerprint density at radius 1 is 1.34 bits per heavy atom. The minimum Gasteiger partial charge on any atom is -0.449 e. The number of carbonyl (C=O) groups excluding carboxylic acids is 1. The van der Waals surface area contributed by atoms with E-state index in [2.05, 4.69) is 31.2 Å². The average Bonchev–Trinajstić information content (AvgIpc) is 3.28. The first-order valence-electron chi connectivity index (χ1n) is 9.79. The Labute approximate surface area is 191 Å². The van der Waals surface area contributed by atoms with Crippen LogP contribution in [-0.2, 0) is 14.4 Å². The van der Waals surface area contributed by atoms with Crippen LogP contribution in [0.4, 0.5) is 22.2 Å². The standard InChI is InChI=1S/C21H25N5O4S2/c1-4-30-21(28)26-32(3,29)16-8-5-7-15(11-16)24-20-22-12-17(18-9-6-10-31-18)19(25-20)23-14(2)13-27/h5-12,14,27H,3-4,13H2,1-2H3,(H,26,28,29)(H2,22,23,24,25)/t14-,32?/m1/s1. The molecule has 0 saturated heterocycles. The number of rotatable bonds is 9. The zero-order valence-electron chi connectivity index (χ0n) is 17.7. The van der Waals surface area contributed by atoms with E-state index in [0.29, 0.717) is 22.3 Å². The number of nitrogens with zero attached hydrogens (tertiary/aromatic N) is 2. The number of hydrogen-bond acceptors (Lipinski definition) is 9. The highest BCUT2D eigenvalue weighted by atomic mass is 32.2. The molecule has 0 bridgehead atoms. The van der Waals surface area contributed by atoms with E-state index in [4.69, 9.17) is 4.74 Å². The fourth-order valence-corrected chi connectivity index (χ4v) is 4.50. The van der Waals surface area contributed by atoms with Gasteiger partial charge < -0.3 is 20.5 Å². The zero-order valence-corrected chi connectivity index (χ0v) is 19.3. The summed E-state index contributed by atoms with van der Waals surface area (Å²) in [7, 11) is -3.10. The van der Waals surface area contributed by atoms with Crippen molar-refractivity contribution < 1.29 is 18.8 Å². The van der Waals surface area contributed by atoms with Gasteiger partial charge in [0.05, 0.1) is 33.4 Å². The van der Waals surface area contributed by atoms with Crippen molar-refractivity contribution in [1.82, 2.24) is 14.7 Å². The Kier molecular flexibility index (Phi) is 7.67. The lowest BCUT2D eigenvalue weighted by Gasteiger charge is -2.16. The number of carbonyl (C=O) groups is 1. The van der Waals surface area contributed by atoms with Gasteiger partial charge in [-0.1, -0.05) is 12.1 Å². The minimum absolute atomic E-state index is 0.0516. The van der Waals surface area contributed by atoms with Crippen molar-refractivity contribution in [3.8, 4) is 10.4 Å². The molecule has 170 valence electrons. The monoisotopic (exact) mass is 475 g/mol. The minimum atomic E-state index is -3.10. The predicted molar refractivity (Wildman–Crippen MR) is 129 cm³/mol. The van der Waals surface area contributed by atoms with Gasteiger partial charge in [-0.25, -0.2) is 18.7 Å². The van der Waals surface area contributed by atoms with Gasteiger partial charge in [-0.2, -0.15) is 4.98 Å². The third-order valence-electron chi connectivity index (χ3n) is 4.23. The molecule has 11 heteroatoms. The largest absolute Gasteiger partial charge is 0.449 e. The van der Waals surface area contributed by atoms with Crippen LogP contribution in [0, 0.1) is 0 Å². The zero-order chi connectivity index (χ0) is 23.1. The van der Waals surface area contributed by atoms with E-state index in [0.717, 1.165) is 10.4 Å². The highest BCUT2D eigenvalue weighted by Gasteiger charge is 2.15. The summed E-state index contributed by atoms with van der Waals surface area (Å²) in [5.41, 5.74) is 1.38. The van der Waals surface area contributed by atoms with E-state index < -0.39 is 15.8 Å². The van der Waals surface area contributed by atoms with E-state index in [-0.39, 0.29) is 19.3 Å². The summed E-state index contributed by atoms with van der Waals surface area (Å²) in [6, 6.07) is 10.3. The van der Waals surface area contributed by atoms with Crippen LogP contribution < -0.4 is 15.4 Å². The third-order valence-corrected chi connectivity index (χ3v) is 6.64. The number of aliphatic hydroxyl groups excluding tert-OH is 1. The van der Waals surface area contributed by atoms with Crippen LogP contribution in [0.1, 0.15) is 13.8 Å². The van der Waals surface area contributed by atoms with Gasteiger partial charge in [0.25, 0.3) is 0 Å². The van der Waals surface area contributed by atoms with Crippen LogP contribution in [-0.4, -0.2) is 50.5 Å². The van der Waals surface area contributed by atoms with Crippen molar-refractivity contribution in [2.75, 3.05) is 23.8 Å². The Bertz CT molecular complexity index is 1170. The molecule has 0 spiro atoms. The number of thiophene rings is 1. The first kappa shape index (κ1) is 23.5. The smallest absolute Gasteiger partial charge is 0.418 e. The molecular weight excluding hydrogens is 450 g/mol. The van der Waals surface area contributed by atoms with Gasteiger partial charge in [-0.3, -0.25) is 0 Å². The molecule has 3 rings (SSSR count). The molecule has 0 saturated carbocycles. The Balaban J connectivity index is 1.86. The van der Waals surface area contributed by atoms with Gasteiger partial charge in [0.15, 0.2) is 0 Å². The number of aromatic nitrogens is 2. The Morgan fingerprint density at radius 3 is 2.84 bits per heavy atom. The second kappa shape index (κ2) is 10.4. The lowest BCUT2D eigenvalue weighted by Crippen LogP contribution is -2.31. The van der Waals surface area contributed by atoms with Crippen molar-refractivity contribution in [3.05, 3.63) is 48.0 Å². The number of aliphatic hydroxyl groups is 1. The molecule has 0 aliphatic rings. The van der Waals surface area contributed by atoms with E-state index in [9.17, 15) is 14.1 Å². The maximum atomic E-state index is 12.8. The van der Waals surface area contributed by atoms with Crippen LogP contribution in [0.25, 0.3) is 10.4 Å². The normalized spacial score (nSPS) is 13.6. The van der Waals surface area contributed by atoms with Crippen LogP contribution in [0.15, 0.2) is 52.9 Å². The lowest BCUT2D eigenvalue weighted by molar-refractivity contribution is 0.159. The maximum Gasteiger partial charge on any atom is 0.418 e. The predicted octanol–water partition coefficient (Wildman–Crippen LogP) is 3.48. The Morgan fingerprint density at radius 2 is 2.16 bits per heavy atom. The van der Waals surface area contributed by atoms with Gasteiger partial charge in [0, 0.05) is 22.8 Å². The molecule has 0 fully saturated rings. The lowest BCUT2D eigenvalue weighted by atomic mass is 10.2. The van der Waals surface area contributed by atoms with Gasteiger partial charge in [-0.15, -0.1) is 11.3 Å². The van der Waals surface area contributed by atoms with E-state index in [1.54, 1.807) is 48.7 Å². The van der Waals surface area contributed by atoms with Crippen molar-refractivity contribution >= 4 is 50.5 Å². The Hall–Kier alpha value is -3.15. The highest BCUT2D eigenvalue weighted by molar-refractivity contribution is 7.99. The van der Waals surface area contributed by atoms with Gasteiger partial charge in [-0.05, 0) is 49.4 Å². The number of nitrogens with one attached hydrogen (secondary N) is 3. The summed E-state index contributed by atoms with van der Waals surface area (Å²) < 4.78 is 19.9. The second-order valence-electron chi connectivity index (χ2n) is 6.81. The molecule has 0 aliphatic heterocycles. The van der Waals surface area contributed by atoms with Crippen LogP contribution in [0.5, 0.6) is 0 Å². The van der Waals surface area contributed by atoms with Crippen LogP contribution in [0.3, 0.4) is 0 Å². The maximum absolute atomic E-state index is 12.8. The molecule has 1 amide bonds. The average molecular weight is 476 g/mol. The van der Waals surface area contributed by atoms with Gasteiger partial charge in [0.2, 0.25) is 5.95 Å². The van der Waals surface area contributed by atoms with Gasteiger partial charge >= 0.3 is 6.09 Å². The molecule has 2 atom stereocenters. The molecule has 1 unspecified atom stereocenters. The van der Waals surface area contributed by atoms with Gasteiger partial charge in [0.1, 0.15) is 5.82 Å². The third kappa shape index (κ3) is 5.96. The summed E-state index contributed by atoms with van der Waals surface area (Å²) in [6.07, 6.45) is 0.900. The molecule has 9 nitrogen and oxygen atoms in total. The number of benzene rings is 1. The summed E-state index contributed by atoms with van der Waals surface area (Å²) in [5.74, 6) is 4.52. The molecule has 3 aromatic rings. The quantitative estimate of drug-likeness (QED) is 0.347.